The molecule has 0 unspecified atom stereocenters. The summed E-state index contributed by atoms with van der Waals surface area (Å²) in [6.07, 6.45) is 5.15. The minimum Gasteiger partial charge on any atom is -0.314 e. The van der Waals surface area contributed by atoms with E-state index in [1.165, 1.54) is 12.8 Å². The van der Waals surface area contributed by atoms with Gasteiger partial charge in [0.2, 0.25) is 0 Å². The Hall–Kier alpha value is -1.10. The maximum absolute atomic E-state index is 11.0. The van der Waals surface area contributed by atoms with Crippen molar-refractivity contribution < 1.29 is 0 Å². The zero-order valence-corrected chi connectivity index (χ0v) is 7.49. The van der Waals surface area contributed by atoms with Gasteiger partial charge >= 0.3 is 5.69 Å². The number of aryl methyl sites for hydroxylation is 1. The van der Waals surface area contributed by atoms with Gasteiger partial charge in [-0.2, -0.15) is 5.10 Å². The number of rotatable bonds is 5. The fourth-order valence-electron chi connectivity index (χ4n) is 1.27. The van der Waals surface area contributed by atoms with Gasteiger partial charge in [-0.3, -0.25) is 4.57 Å². The fourth-order valence-corrected chi connectivity index (χ4v) is 1.27. The van der Waals surface area contributed by atoms with Crippen molar-refractivity contribution in [2.24, 2.45) is 0 Å². The summed E-state index contributed by atoms with van der Waals surface area (Å²) in [6, 6.07) is 0.751. The van der Waals surface area contributed by atoms with E-state index in [-0.39, 0.29) is 5.69 Å². The SMILES string of the molecule is O=c1[nH]ncn1CCCNC1CC1. The fraction of sp³-hybridized carbons (Fsp3) is 0.750. The van der Waals surface area contributed by atoms with Crippen molar-refractivity contribution >= 4 is 0 Å². The average Bonchev–Trinajstić information content (AvgIpc) is 2.86. The first kappa shape index (κ1) is 8.50. The topological polar surface area (TPSA) is 62.7 Å². The molecule has 0 radical (unpaired) electrons. The molecule has 0 spiro atoms. The predicted octanol–water partition coefficient (Wildman–Crippen LogP) is -0.287. The van der Waals surface area contributed by atoms with Crippen LogP contribution in [0, 0.1) is 0 Å². The van der Waals surface area contributed by atoms with Crippen LogP contribution in [0.2, 0.25) is 0 Å². The molecule has 1 fully saturated rings. The molecule has 2 rings (SSSR count). The van der Waals surface area contributed by atoms with Crippen molar-refractivity contribution in [3.8, 4) is 0 Å². The molecule has 0 bridgehead atoms. The molecule has 5 heteroatoms. The van der Waals surface area contributed by atoms with E-state index in [0.717, 1.165) is 25.6 Å². The molecule has 1 heterocycles. The van der Waals surface area contributed by atoms with Crippen LogP contribution in [-0.4, -0.2) is 27.4 Å². The molecule has 1 aromatic heterocycles. The zero-order valence-electron chi connectivity index (χ0n) is 7.49. The monoisotopic (exact) mass is 182 g/mol. The van der Waals surface area contributed by atoms with Crippen molar-refractivity contribution in [3.63, 3.8) is 0 Å². The molecule has 1 aliphatic rings. The average molecular weight is 182 g/mol. The molecule has 0 saturated heterocycles. The van der Waals surface area contributed by atoms with Gasteiger partial charge in [0, 0.05) is 12.6 Å². The number of hydrogen-bond donors (Lipinski definition) is 2. The second-order valence-corrected chi connectivity index (χ2v) is 3.44. The molecule has 5 nitrogen and oxygen atoms in total. The van der Waals surface area contributed by atoms with E-state index in [2.05, 4.69) is 15.5 Å². The summed E-state index contributed by atoms with van der Waals surface area (Å²) in [5.41, 5.74) is -0.119. The number of nitrogens with one attached hydrogen (secondary N) is 2. The largest absolute Gasteiger partial charge is 0.343 e. The molecule has 1 saturated carbocycles. The van der Waals surface area contributed by atoms with Crippen LogP contribution in [0.15, 0.2) is 11.1 Å². The van der Waals surface area contributed by atoms with E-state index < -0.39 is 0 Å². The minimum absolute atomic E-state index is 0.119. The van der Waals surface area contributed by atoms with Crippen molar-refractivity contribution in [2.45, 2.75) is 31.8 Å². The molecule has 0 amide bonds. The van der Waals surface area contributed by atoms with E-state index >= 15 is 0 Å². The van der Waals surface area contributed by atoms with Crippen molar-refractivity contribution in [1.29, 1.82) is 0 Å². The molecule has 0 aromatic carbocycles. The summed E-state index contributed by atoms with van der Waals surface area (Å²) in [6.45, 7) is 1.73. The van der Waals surface area contributed by atoms with Crippen LogP contribution >= 0.6 is 0 Å². The molecular formula is C8H14N4O. The van der Waals surface area contributed by atoms with Gasteiger partial charge in [-0.1, -0.05) is 0 Å². The molecule has 0 aliphatic heterocycles. The number of nitrogens with zero attached hydrogens (tertiary/aromatic N) is 2. The summed E-state index contributed by atoms with van der Waals surface area (Å²) >= 11 is 0. The highest BCUT2D eigenvalue weighted by Gasteiger charge is 2.19. The van der Waals surface area contributed by atoms with Crippen molar-refractivity contribution in [2.75, 3.05) is 6.54 Å². The van der Waals surface area contributed by atoms with Gasteiger partial charge in [-0.05, 0) is 25.8 Å². The lowest BCUT2D eigenvalue weighted by Gasteiger charge is -2.01. The van der Waals surface area contributed by atoms with E-state index in [4.69, 9.17) is 0 Å². The van der Waals surface area contributed by atoms with Crippen LogP contribution in [0.3, 0.4) is 0 Å². The van der Waals surface area contributed by atoms with Crippen molar-refractivity contribution in [1.82, 2.24) is 20.1 Å². The lowest BCUT2D eigenvalue weighted by molar-refractivity contribution is 0.569. The van der Waals surface area contributed by atoms with Gasteiger partial charge in [0.05, 0.1) is 0 Å². The van der Waals surface area contributed by atoms with Crippen LogP contribution in [-0.2, 0) is 6.54 Å². The van der Waals surface area contributed by atoms with Crippen LogP contribution in [0.1, 0.15) is 19.3 Å². The maximum Gasteiger partial charge on any atom is 0.343 e. The molecule has 72 valence electrons. The van der Waals surface area contributed by atoms with Crippen LogP contribution in [0.25, 0.3) is 0 Å². The quantitative estimate of drug-likeness (QED) is 0.615. The highest BCUT2D eigenvalue weighted by molar-refractivity contribution is 4.80. The molecule has 0 atom stereocenters. The molecular weight excluding hydrogens is 168 g/mol. The summed E-state index contributed by atoms with van der Waals surface area (Å²) < 4.78 is 1.59. The summed E-state index contributed by atoms with van der Waals surface area (Å²) in [5.74, 6) is 0. The van der Waals surface area contributed by atoms with Gasteiger partial charge in [0.25, 0.3) is 0 Å². The third-order valence-corrected chi connectivity index (χ3v) is 2.20. The first-order chi connectivity index (χ1) is 6.36. The number of aromatic nitrogens is 3. The Kier molecular flexibility index (Phi) is 2.44. The lowest BCUT2D eigenvalue weighted by Crippen LogP contribution is -2.22. The van der Waals surface area contributed by atoms with Crippen LogP contribution in [0.4, 0.5) is 0 Å². The first-order valence-corrected chi connectivity index (χ1v) is 4.69. The highest BCUT2D eigenvalue weighted by Crippen LogP contribution is 2.18. The van der Waals surface area contributed by atoms with Gasteiger partial charge in [-0.25, -0.2) is 9.89 Å². The zero-order chi connectivity index (χ0) is 9.10. The summed E-state index contributed by atoms with van der Waals surface area (Å²) in [7, 11) is 0. The van der Waals surface area contributed by atoms with Crippen LogP contribution < -0.4 is 11.0 Å². The Morgan fingerprint density at radius 2 is 2.54 bits per heavy atom. The molecule has 13 heavy (non-hydrogen) atoms. The van der Waals surface area contributed by atoms with Crippen LogP contribution in [0.5, 0.6) is 0 Å². The Morgan fingerprint density at radius 1 is 1.69 bits per heavy atom. The van der Waals surface area contributed by atoms with Gasteiger partial charge in [-0.15, -0.1) is 0 Å². The maximum atomic E-state index is 11.0. The van der Waals surface area contributed by atoms with Gasteiger partial charge < -0.3 is 5.32 Å². The Morgan fingerprint density at radius 3 is 3.15 bits per heavy atom. The van der Waals surface area contributed by atoms with E-state index in [1.807, 2.05) is 0 Å². The first-order valence-electron chi connectivity index (χ1n) is 4.69. The lowest BCUT2D eigenvalue weighted by atomic mass is 10.4. The van der Waals surface area contributed by atoms with Gasteiger partial charge in [0.15, 0.2) is 0 Å². The van der Waals surface area contributed by atoms with Crippen molar-refractivity contribution in [3.05, 3.63) is 16.8 Å². The second kappa shape index (κ2) is 3.74. The Bertz CT molecular complexity index is 312. The van der Waals surface area contributed by atoms with E-state index in [0.29, 0.717) is 0 Å². The Labute approximate surface area is 76.2 Å². The molecule has 1 aromatic rings. The molecule has 2 N–H and O–H groups in total. The third-order valence-electron chi connectivity index (χ3n) is 2.20. The van der Waals surface area contributed by atoms with E-state index in [9.17, 15) is 4.79 Å². The van der Waals surface area contributed by atoms with Gasteiger partial charge in [0.1, 0.15) is 6.33 Å². The predicted molar refractivity (Wildman–Crippen MR) is 48.5 cm³/mol. The van der Waals surface area contributed by atoms with E-state index in [1.54, 1.807) is 10.9 Å². The second-order valence-electron chi connectivity index (χ2n) is 3.44. The number of hydrogen-bond acceptors (Lipinski definition) is 3. The summed E-state index contributed by atoms with van der Waals surface area (Å²) in [5, 5.41) is 9.41. The third kappa shape index (κ3) is 2.42. The number of aromatic amines is 1. The molecule has 1 aliphatic carbocycles. The normalized spacial score (nSPS) is 16.3. The smallest absolute Gasteiger partial charge is 0.314 e. The summed E-state index contributed by atoms with van der Waals surface area (Å²) in [4.78, 5) is 11.0. The Balaban J connectivity index is 1.67. The number of H-pyrrole nitrogens is 1. The minimum atomic E-state index is -0.119. The highest BCUT2D eigenvalue weighted by atomic mass is 16.1. The standard InChI is InChI=1S/C8H14N4O/c13-8-11-10-6-12(8)5-1-4-9-7-2-3-7/h6-7,9H,1-5H2,(H,11,13).